The van der Waals surface area contributed by atoms with Crippen molar-refractivity contribution in [3.63, 3.8) is 0 Å². The van der Waals surface area contributed by atoms with Crippen LogP contribution in [0.2, 0.25) is 0 Å². The van der Waals surface area contributed by atoms with E-state index >= 15 is 0 Å². The van der Waals surface area contributed by atoms with Crippen molar-refractivity contribution in [1.29, 1.82) is 0 Å². The lowest BCUT2D eigenvalue weighted by molar-refractivity contribution is -0.118. The molecule has 0 radical (unpaired) electrons. The van der Waals surface area contributed by atoms with E-state index in [0.717, 1.165) is 28.6 Å². The fourth-order valence-corrected chi connectivity index (χ4v) is 3.78. The number of carbonyl (C=O) groups excluding carboxylic acids is 1. The fourth-order valence-electron chi connectivity index (χ4n) is 3.78. The number of hydrogen-bond donors (Lipinski definition) is 1. The number of amides is 1. The lowest BCUT2D eigenvalue weighted by Crippen LogP contribution is -2.20. The topological polar surface area (TPSA) is 64.4 Å². The van der Waals surface area contributed by atoms with Gasteiger partial charge in [-0.2, -0.15) is 0 Å². The Morgan fingerprint density at radius 2 is 1.74 bits per heavy atom. The zero-order chi connectivity index (χ0) is 24.2. The van der Waals surface area contributed by atoms with Crippen LogP contribution in [0.25, 0.3) is 22.6 Å². The predicted molar refractivity (Wildman–Crippen MR) is 138 cm³/mol. The van der Waals surface area contributed by atoms with E-state index in [1.165, 1.54) is 11.1 Å². The first-order valence-corrected chi connectivity index (χ1v) is 11.9. The second-order valence-corrected chi connectivity index (χ2v) is 9.15. The van der Waals surface area contributed by atoms with Crippen molar-refractivity contribution >= 4 is 22.7 Å². The van der Waals surface area contributed by atoms with Gasteiger partial charge in [0.25, 0.3) is 5.91 Å². The third-order valence-electron chi connectivity index (χ3n) is 6.27. The van der Waals surface area contributed by atoms with E-state index in [2.05, 4.69) is 62.3 Å². The van der Waals surface area contributed by atoms with E-state index in [-0.39, 0.29) is 12.5 Å². The number of benzene rings is 3. The summed E-state index contributed by atoms with van der Waals surface area (Å²) < 4.78 is 11.7. The summed E-state index contributed by atoms with van der Waals surface area (Å²) in [6.07, 6.45) is 1.09. The molecule has 0 aliphatic carbocycles. The summed E-state index contributed by atoms with van der Waals surface area (Å²) in [5.74, 6) is 1.92. The van der Waals surface area contributed by atoms with Gasteiger partial charge in [-0.15, -0.1) is 0 Å². The van der Waals surface area contributed by atoms with Gasteiger partial charge in [-0.25, -0.2) is 4.98 Å². The summed E-state index contributed by atoms with van der Waals surface area (Å²) in [6, 6.07) is 19.8. The van der Waals surface area contributed by atoms with Crippen molar-refractivity contribution in [3.05, 3.63) is 77.4 Å². The summed E-state index contributed by atoms with van der Waals surface area (Å²) in [6.45, 7) is 10.6. The van der Waals surface area contributed by atoms with Gasteiger partial charge in [-0.05, 0) is 78.3 Å². The Morgan fingerprint density at radius 3 is 2.44 bits per heavy atom. The molecule has 1 atom stereocenters. The number of rotatable bonds is 8. The Balaban J connectivity index is 1.45. The molecule has 1 amide bonds. The van der Waals surface area contributed by atoms with Crippen LogP contribution in [0.3, 0.4) is 0 Å². The molecule has 4 aromatic rings. The second-order valence-electron chi connectivity index (χ2n) is 9.15. The van der Waals surface area contributed by atoms with Crippen LogP contribution in [-0.2, 0) is 4.79 Å². The lowest BCUT2D eigenvalue weighted by atomic mass is 9.99. The number of aryl methyl sites for hydroxylation is 1. The third kappa shape index (κ3) is 5.30. The Labute approximate surface area is 201 Å². The number of aromatic nitrogens is 1. The van der Waals surface area contributed by atoms with Crippen molar-refractivity contribution in [1.82, 2.24) is 4.98 Å². The molecule has 0 saturated heterocycles. The zero-order valence-electron chi connectivity index (χ0n) is 20.5. The van der Waals surface area contributed by atoms with Gasteiger partial charge in [0.2, 0.25) is 5.89 Å². The molecule has 3 aromatic carbocycles. The minimum atomic E-state index is -0.217. The van der Waals surface area contributed by atoms with Crippen molar-refractivity contribution in [2.45, 2.75) is 52.9 Å². The highest BCUT2D eigenvalue weighted by Gasteiger charge is 2.13. The van der Waals surface area contributed by atoms with Crippen molar-refractivity contribution in [3.8, 4) is 17.2 Å². The number of hydrogen-bond acceptors (Lipinski definition) is 4. The Kier molecular flexibility index (Phi) is 7.01. The van der Waals surface area contributed by atoms with E-state index < -0.39 is 0 Å². The van der Waals surface area contributed by atoms with Gasteiger partial charge >= 0.3 is 0 Å². The molecule has 176 valence electrons. The van der Waals surface area contributed by atoms with E-state index in [1.807, 2.05) is 43.3 Å². The Bertz CT molecular complexity index is 1290. The first-order valence-electron chi connectivity index (χ1n) is 11.9. The normalized spacial score (nSPS) is 12.2. The summed E-state index contributed by atoms with van der Waals surface area (Å²) in [5, 5.41) is 2.95. The fraction of sp³-hybridized carbons (Fsp3) is 0.310. The molecule has 1 heterocycles. The SMILES string of the molecule is CC[C@H](C)c1ccc(OCC(=O)Nc2cc(-c3nc4cc(C(C)C)ccc4o3)ccc2C)cc1. The average molecular weight is 457 g/mol. The quantitative estimate of drug-likeness (QED) is 0.299. The molecule has 0 aliphatic heterocycles. The van der Waals surface area contributed by atoms with Gasteiger partial charge in [-0.1, -0.05) is 52.0 Å². The first kappa shape index (κ1) is 23.6. The average Bonchev–Trinajstić information content (AvgIpc) is 3.27. The maximum absolute atomic E-state index is 12.6. The van der Waals surface area contributed by atoms with Gasteiger partial charge in [0, 0.05) is 11.3 Å². The molecule has 34 heavy (non-hydrogen) atoms. The Morgan fingerprint density at radius 1 is 1.00 bits per heavy atom. The number of fused-ring (bicyclic) bond motifs is 1. The van der Waals surface area contributed by atoms with Crippen LogP contribution in [0.5, 0.6) is 5.75 Å². The zero-order valence-corrected chi connectivity index (χ0v) is 20.5. The summed E-state index contributed by atoms with van der Waals surface area (Å²) >= 11 is 0. The number of anilines is 1. The molecular formula is C29H32N2O3. The van der Waals surface area contributed by atoms with Gasteiger partial charge in [-0.3, -0.25) is 4.79 Å². The van der Waals surface area contributed by atoms with Crippen LogP contribution in [-0.4, -0.2) is 17.5 Å². The van der Waals surface area contributed by atoms with Gasteiger partial charge < -0.3 is 14.5 Å². The molecule has 0 unspecified atom stereocenters. The van der Waals surface area contributed by atoms with Gasteiger partial charge in [0.1, 0.15) is 11.3 Å². The summed E-state index contributed by atoms with van der Waals surface area (Å²) in [4.78, 5) is 17.2. The molecule has 5 heteroatoms. The van der Waals surface area contributed by atoms with Crippen molar-refractivity contribution in [2.75, 3.05) is 11.9 Å². The summed E-state index contributed by atoms with van der Waals surface area (Å²) in [7, 11) is 0. The van der Waals surface area contributed by atoms with E-state index in [0.29, 0.717) is 29.2 Å². The highest BCUT2D eigenvalue weighted by Crippen LogP contribution is 2.29. The number of nitrogens with zero attached hydrogens (tertiary/aromatic N) is 1. The lowest BCUT2D eigenvalue weighted by Gasteiger charge is -2.12. The van der Waals surface area contributed by atoms with E-state index in [1.54, 1.807) is 0 Å². The highest BCUT2D eigenvalue weighted by molar-refractivity contribution is 5.93. The van der Waals surface area contributed by atoms with Gasteiger partial charge in [0.05, 0.1) is 0 Å². The first-order chi connectivity index (χ1) is 16.3. The molecule has 5 nitrogen and oxygen atoms in total. The largest absolute Gasteiger partial charge is 0.484 e. The second kappa shape index (κ2) is 10.1. The van der Waals surface area contributed by atoms with Crippen LogP contribution < -0.4 is 10.1 Å². The molecule has 1 aromatic heterocycles. The number of oxazole rings is 1. The molecule has 1 N–H and O–H groups in total. The minimum absolute atomic E-state index is 0.0623. The Hall–Kier alpha value is -3.60. The molecule has 0 spiro atoms. The highest BCUT2D eigenvalue weighted by atomic mass is 16.5. The molecule has 0 aliphatic rings. The number of ether oxygens (including phenoxy) is 1. The monoisotopic (exact) mass is 456 g/mol. The van der Waals surface area contributed by atoms with Crippen LogP contribution >= 0.6 is 0 Å². The summed E-state index contributed by atoms with van der Waals surface area (Å²) in [5.41, 5.74) is 6.55. The van der Waals surface area contributed by atoms with Crippen LogP contribution in [0, 0.1) is 6.92 Å². The number of carbonyl (C=O) groups is 1. The molecule has 0 bridgehead atoms. The molecule has 0 saturated carbocycles. The van der Waals surface area contributed by atoms with Crippen molar-refractivity contribution in [2.24, 2.45) is 0 Å². The minimum Gasteiger partial charge on any atom is -0.484 e. The standard InChI is InChI=1S/C29H32N2O3/c1-6-19(4)21-9-12-24(13-10-21)33-17-28(32)30-25-16-23(8-7-20(25)5)29-31-26-15-22(18(2)3)11-14-27(26)34-29/h7-16,18-19H,6,17H2,1-5H3,(H,30,32)/t19-/m0/s1. The maximum Gasteiger partial charge on any atom is 0.262 e. The maximum atomic E-state index is 12.6. The smallest absolute Gasteiger partial charge is 0.262 e. The molecule has 4 rings (SSSR count). The van der Waals surface area contributed by atoms with E-state index in [9.17, 15) is 4.79 Å². The van der Waals surface area contributed by atoms with Gasteiger partial charge in [0.15, 0.2) is 12.2 Å². The van der Waals surface area contributed by atoms with Crippen LogP contribution in [0.1, 0.15) is 62.6 Å². The molecule has 0 fully saturated rings. The number of nitrogens with one attached hydrogen (secondary N) is 1. The predicted octanol–water partition coefficient (Wildman–Crippen LogP) is 7.46. The van der Waals surface area contributed by atoms with E-state index in [4.69, 9.17) is 9.15 Å². The van der Waals surface area contributed by atoms with Crippen LogP contribution in [0.4, 0.5) is 5.69 Å². The van der Waals surface area contributed by atoms with Crippen molar-refractivity contribution < 1.29 is 13.9 Å². The molecular weight excluding hydrogens is 424 g/mol. The van der Waals surface area contributed by atoms with Crippen LogP contribution in [0.15, 0.2) is 65.1 Å². The third-order valence-corrected chi connectivity index (χ3v) is 6.27.